The normalized spacial score (nSPS) is 12.7. The van der Waals surface area contributed by atoms with Gasteiger partial charge in [0.25, 0.3) is 0 Å². The summed E-state index contributed by atoms with van der Waals surface area (Å²) in [5, 5.41) is 23.3. The van der Waals surface area contributed by atoms with Gasteiger partial charge in [0, 0.05) is 12.8 Å². The number of esters is 1. The minimum Gasteiger partial charge on any atom is -0.466 e. The summed E-state index contributed by atoms with van der Waals surface area (Å²) >= 11 is 0. The summed E-state index contributed by atoms with van der Waals surface area (Å²) in [5.41, 5.74) is 0. The lowest BCUT2D eigenvalue weighted by Gasteiger charge is -2.20. The summed E-state index contributed by atoms with van der Waals surface area (Å²) in [4.78, 5) is 24.6. The molecule has 0 bridgehead atoms. The molecule has 1 amide bonds. The number of allylic oxidation sites excluding steroid dienone is 5. The first-order valence-corrected chi connectivity index (χ1v) is 36.8. The first kappa shape index (κ1) is 79.1. The molecule has 3 N–H and O–H groups in total. The van der Waals surface area contributed by atoms with Gasteiger partial charge in [-0.05, 0) is 64.2 Å². The molecule has 2 atom stereocenters. The van der Waals surface area contributed by atoms with E-state index in [1.54, 1.807) is 6.08 Å². The molecule has 0 aromatic rings. The number of aliphatic hydroxyl groups excluding tert-OH is 2. The third-order valence-electron chi connectivity index (χ3n) is 17.2. The number of unbranched alkanes of at least 4 members (excludes halogenated alkanes) is 54. The zero-order valence-electron chi connectivity index (χ0n) is 54.8. The van der Waals surface area contributed by atoms with Crippen molar-refractivity contribution in [1.82, 2.24) is 5.32 Å². The highest BCUT2D eigenvalue weighted by Crippen LogP contribution is 2.19. The van der Waals surface area contributed by atoms with Gasteiger partial charge in [0.05, 0.1) is 25.4 Å². The minimum atomic E-state index is -0.853. The molecule has 6 nitrogen and oxygen atoms in total. The van der Waals surface area contributed by atoms with Crippen LogP contribution >= 0.6 is 0 Å². The smallest absolute Gasteiger partial charge is 0.305 e. The number of rotatable bonds is 69. The molecule has 0 rings (SSSR count). The fourth-order valence-corrected chi connectivity index (χ4v) is 11.6. The maximum absolute atomic E-state index is 12.5. The van der Waals surface area contributed by atoms with Crippen molar-refractivity contribution in [2.45, 2.75) is 418 Å². The average Bonchev–Trinajstić information content (AvgIpc) is 3.47. The number of carbonyl (C=O) groups is 2. The minimum absolute atomic E-state index is 0.0120. The zero-order valence-corrected chi connectivity index (χ0v) is 54.8. The molecule has 0 radical (unpaired) electrons. The van der Waals surface area contributed by atoms with E-state index in [0.29, 0.717) is 19.4 Å². The van der Waals surface area contributed by atoms with Crippen LogP contribution in [0.15, 0.2) is 36.5 Å². The van der Waals surface area contributed by atoms with E-state index in [9.17, 15) is 19.8 Å². The molecule has 0 aromatic carbocycles. The standard InChI is InChI=1S/C75H143NO5/c1-3-5-7-9-11-13-15-17-19-21-23-24-28-32-35-39-43-47-51-55-59-63-67-73(78)72(71-77)76-74(79)68-64-60-56-52-48-44-40-36-33-29-26-25-27-30-34-38-42-46-50-54-58-62-66-70-81-75(80)69-65-61-57-53-49-45-41-37-31-22-20-18-16-14-12-10-8-6-4-2/h25,27,29,33,63,67,72-73,77-78H,3-24,26,28,30-32,34-62,64-66,68-71H2,1-2H3,(H,76,79)/b27-25-,33-29-,67-63+. The Bertz CT molecular complexity index is 1310. The number of amides is 1. The fourth-order valence-electron chi connectivity index (χ4n) is 11.6. The summed E-state index contributed by atoms with van der Waals surface area (Å²) in [7, 11) is 0. The van der Waals surface area contributed by atoms with Gasteiger partial charge < -0.3 is 20.3 Å². The van der Waals surface area contributed by atoms with Gasteiger partial charge in [-0.15, -0.1) is 0 Å². The van der Waals surface area contributed by atoms with Crippen molar-refractivity contribution in [2.24, 2.45) is 0 Å². The first-order chi connectivity index (χ1) is 40.0. The lowest BCUT2D eigenvalue weighted by molar-refractivity contribution is -0.143. The van der Waals surface area contributed by atoms with Crippen LogP contribution in [0.25, 0.3) is 0 Å². The van der Waals surface area contributed by atoms with E-state index < -0.39 is 12.1 Å². The molecule has 6 heteroatoms. The van der Waals surface area contributed by atoms with Gasteiger partial charge in [0.1, 0.15) is 0 Å². The summed E-state index contributed by atoms with van der Waals surface area (Å²) in [6.07, 6.45) is 90.9. The second-order valence-electron chi connectivity index (χ2n) is 25.3. The van der Waals surface area contributed by atoms with Gasteiger partial charge in [-0.1, -0.05) is 365 Å². The van der Waals surface area contributed by atoms with Crippen LogP contribution in [0.4, 0.5) is 0 Å². The third kappa shape index (κ3) is 67.1. The van der Waals surface area contributed by atoms with Crippen LogP contribution in [-0.2, 0) is 14.3 Å². The lowest BCUT2D eigenvalue weighted by atomic mass is 10.0. The number of ether oxygens (including phenoxy) is 1. The van der Waals surface area contributed by atoms with E-state index in [4.69, 9.17) is 4.74 Å². The predicted molar refractivity (Wildman–Crippen MR) is 356 cm³/mol. The molecule has 478 valence electrons. The molecule has 0 heterocycles. The van der Waals surface area contributed by atoms with Crippen molar-refractivity contribution in [3.8, 4) is 0 Å². The van der Waals surface area contributed by atoms with Crippen molar-refractivity contribution in [1.29, 1.82) is 0 Å². The highest BCUT2D eigenvalue weighted by Gasteiger charge is 2.18. The number of nitrogens with one attached hydrogen (secondary N) is 1. The number of carbonyl (C=O) groups excluding carboxylic acids is 2. The number of aliphatic hydroxyl groups is 2. The molecule has 0 aromatic heterocycles. The Hall–Kier alpha value is -1.92. The van der Waals surface area contributed by atoms with Crippen molar-refractivity contribution in [3.05, 3.63) is 36.5 Å². The molecule has 2 unspecified atom stereocenters. The number of hydrogen-bond acceptors (Lipinski definition) is 5. The van der Waals surface area contributed by atoms with Crippen LogP contribution in [0.3, 0.4) is 0 Å². The van der Waals surface area contributed by atoms with Crippen LogP contribution in [0.1, 0.15) is 406 Å². The van der Waals surface area contributed by atoms with Crippen molar-refractivity contribution in [2.75, 3.05) is 13.2 Å². The van der Waals surface area contributed by atoms with Crippen LogP contribution in [0.2, 0.25) is 0 Å². The molecule has 0 saturated heterocycles. The third-order valence-corrected chi connectivity index (χ3v) is 17.2. The highest BCUT2D eigenvalue weighted by atomic mass is 16.5. The second kappa shape index (κ2) is 70.6. The lowest BCUT2D eigenvalue weighted by Crippen LogP contribution is -2.45. The van der Waals surface area contributed by atoms with E-state index in [1.165, 1.54) is 321 Å². The monoisotopic (exact) mass is 1140 g/mol. The molecular formula is C75H143NO5. The van der Waals surface area contributed by atoms with Gasteiger partial charge in [0.15, 0.2) is 0 Å². The Morgan fingerprint density at radius 3 is 0.938 bits per heavy atom. The van der Waals surface area contributed by atoms with E-state index >= 15 is 0 Å². The topological polar surface area (TPSA) is 95.9 Å². The average molecular weight is 1140 g/mol. The molecule has 0 aliphatic carbocycles. The first-order valence-electron chi connectivity index (χ1n) is 36.8. The van der Waals surface area contributed by atoms with Crippen molar-refractivity contribution >= 4 is 11.9 Å². The molecule has 0 fully saturated rings. The Balaban J connectivity index is 3.45. The Morgan fingerprint density at radius 2 is 0.617 bits per heavy atom. The maximum Gasteiger partial charge on any atom is 0.305 e. The number of hydrogen-bond donors (Lipinski definition) is 3. The highest BCUT2D eigenvalue weighted by molar-refractivity contribution is 5.76. The van der Waals surface area contributed by atoms with Crippen LogP contribution < -0.4 is 5.32 Å². The van der Waals surface area contributed by atoms with Crippen molar-refractivity contribution in [3.63, 3.8) is 0 Å². The van der Waals surface area contributed by atoms with Gasteiger partial charge in [-0.25, -0.2) is 0 Å². The van der Waals surface area contributed by atoms with Crippen LogP contribution in [0.5, 0.6) is 0 Å². The molecular weight excluding hydrogens is 995 g/mol. The Morgan fingerprint density at radius 1 is 0.346 bits per heavy atom. The summed E-state index contributed by atoms with van der Waals surface area (Å²) in [6, 6.07) is -0.637. The molecule has 0 saturated carbocycles. The van der Waals surface area contributed by atoms with Crippen LogP contribution in [0, 0.1) is 0 Å². The zero-order chi connectivity index (χ0) is 58.5. The predicted octanol–water partition coefficient (Wildman–Crippen LogP) is 23.9. The SMILES string of the molecule is CCCCCCCCCCCCCCCCCCCCCC/C=C/C(O)C(CO)NC(=O)CCCCCCCCC/C=C\C/C=C\CCCCCCCCCCCOC(=O)CCCCCCCCCCCCCCCCCCCCC. The van der Waals surface area contributed by atoms with Gasteiger partial charge in [-0.2, -0.15) is 0 Å². The van der Waals surface area contributed by atoms with E-state index in [-0.39, 0.29) is 18.5 Å². The molecule has 0 spiro atoms. The molecule has 0 aliphatic rings. The maximum atomic E-state index is 12.5. The van der Waals surface area contributed by atoms with E-state index in [1.807, 2.05) is 6.08 Å². The van der Waals surface area contributed by atoms with E-state index in [2.05, 4.69) is 43.5 Å². The largest absolute Gasteiger partial charge is 0.466 e. The Labute approximate surface area is 506 Å². The van der Waals surface area contributed by atoms with Gasteiger partial charge >= 0.3 is 5.97 Å². The summed E-state index contributed by atoms with van der Waals surface area (Å²) in [6.45, 7) is 4.94. The fraction of sp³-hybridized carbons (Fsp3) is 0.893. The van der Waals surface area contributed by atoms with Gasteiger partial charge in [0.2, 0.25) is 5.91 Å². The summed E-state index contributed by atoms with van der Waals surface area (Å²) in [5.74, 6) is -0.0626. The summed E-state index contributed by atoms with van der Waals surface area (Å²) < 4.78 is 5.51. The Kier molecular flexibility index (Phi) is 68.9. The van der Waals surface area contributed by atoms with E-state index in [0.717, 1.165) is 57.8 Å². The van der Waals surface area contributed by atoms with Crippen molar-refractivity contribution < 1.29 is 24.5 Å². The second-order valence-corrected chi connectivity index (χ2v) is 25.3. The quantitative estimate of drug-likeness (QED) is 0.0320. The van der Waals surface area contributed by atoms with Gasteiger partial charge in [-0.3, -0.25) is 9.59 Å². The molecule has 81 heavy (non-hydrogen) atoms. The van der Waals surface area contributed by atoms with Crippen LogP contribution in [-0.4, -0.2) is 47.4 Å². The molecule has 0 aliphatic heterocycles.